The number of aromatic nitrogens is 2. The summed E-state index contributed by atoms with van der Waals surface area (Å²) in [4.78, 5) is 15.1. The van der Waals surface area contributed by atoms with Gasteiger partial charge in [-0.1, -0.05) is 30.3 Å². The van der Waals surface area contributed by atoms with Gasteiger partial charge >= 0.3 is 6.03 Å². The molecule has 1 aliphatic rings. The number of likely N-dealkylation sites (tertiary alicyclic amines) is 1. The number of hydrogen-bond acceptors (Lipinski definition) is 4. The maximum absolute atomic E-state index is 12.5. The van der Waals surface area contributed by atoms with Gasteiger partial charge < -0.3 is 15.0 Å². The molecular weight excluding hydrogens is 414 g/mol. The van der Waals surface area contributed by atoms with Gasteiger partial charge in [0.25, 0.3) is 0 Å². The summed E-state index contributed by atoms with van der Waals surface area (Å²) in [6.07, 6.45) is 4.74. The van der Waals surface area contributed by atoms with E-state index in [1.54, 1.807) is 13.3 Å². The highest BCUT2D eigenvalue weighted by atomic mass is 16.5. The predicted molar refractivity (Wildman–Crippen MR) is 132 cm³/mol. The number of rotatable bonds is 7. The molecule has 1 aliphatic heterocycles. The van der Waals surface area contributed by atoms with Crippen LogP contribution < -0.4 is 15.4 Å². The molecule has 174 valence electrons. The van der Waals surface area contributed by atoms with E-state index >= 15 is 0 Å². The Kier molecular flexibility index (Phi) is 7.29. The summed E-state index contributed by atoms with van der Waals surface area (Å²) in [5.41, 5.74) is 3.12. The Balaban J connectivity index is 1.31. The number of ether oxygens (including phenoxy) is 1. The van der Waals surface area contributed by atoms with Crippen LogP contribution in [-0.2, 0) is 6.42 Å². The Bertz CT molecular complexity index is 1070. The lowest BCUT2D eigenvalue weighted by atomic mass is 10.00. The smallest absolute Gasteiger partial charge is 0.324 e. The number of carbonyl (C=O) groups excluding carboxylic acids is 1. The Hall–Kier alpha value is -3.32. The molecule has 0 spiro atoms. The van der Waals surface area contributed by atoms with Crippen molar-refractivity contribution in [2.24, 2.45) is 0 Å². The number of hydrogen-bond donors (Lipinski definition) is 2. The van der Waals surface area contributed by atoms with Crippen molar-refractivity contribution in [2.75, 3.05) is 30.8 Å². The van der Waals surface area contributed by atoms with Gasteiger partial charge in [0.2, 0.25) is 0 Å². The molecule has 1 fully saturated rings. The molecule has 0 aliphatic carbocycles. The lowest BCUT2D eigenvalue weighted by molar-refractivity contribution is 0.139. The molecule has 7 nitrogen and oxygen atoms in total. The van der Waals surface area contributed by atoms with Crippen LogP contribution in [0.2, 0.25) is 0 Å². The van der Waals surface area contributed by atoms with Crippen molar-refractivity contribution in [3.05, 3.63) is 71.9 Å². The minimum atomic E-state index is -0.254. The van der Waals surface area contributed by atoms with Crippen LogP contribution >= 0.6 is 0 Å². The van der Waals surface area contributed by atoms with Crippen LogP contribution in [-0.4, -0.2) is 47.0 Å². The average molecular weight is 448 g/mol. The third-order valence-corrected chi connectivity index (χ3v) is 6.44. The largest absolute Gasteiger partial charge is 0.497 e. The second-order valence-corrected chi connectivity index (χ2v) is 8.73. The fourth-order valence-corrected chi connectivity index (χ4v) is 4.53. The number of anilines is 2. The number of amides is 2. The molecule has 33 heavy (non-hydrogen) atoms. The first-order valence-electron chi connectivity index (χ1n) is 11.6. The van der Waals surface area contributed by atoms with Crippen molar-refractivity contribution in [2.45, 2.75) is 45.2 Å². The summed E-state index contributed by atoms with van der Waals surface area (Å²) in [5.74, 6) is 1.63. The number of piperidine rings is 1. The first kappa shape index (κ1) is 22.9. The number of nitrogens with zero attached hydrogens (tertiary/aromatic N) is 3. The topological polar surface area (TPSA) is 71.4 Å². The lowest BCUT2D eigenvalue weighted by Gasteiger charge is -2.36. The summed E-state index contributed by atoms with van der Waals surface area (Å²) in [6.45, 7) is 6.27. The van der Waals surface area contributed by atoms with Gasteiger partial charge in [0.05, 0.1) is 19.3 Å². The van der Waals surface area contributed by atoms with Crippen molar-refractivity contribution in [1.29, 1.82) is 0 Å². The molecule has 2 amide bonds. The molecule has 1 unspecified atom stereocenters. The number of para-hydroxylation sites is 1. The minimum absolute atomic E-state index is 0.254. The number of benzene rings is 2. The van der Waals surface area contributed by atoms with E-state index in [9.17, 15) is 4.79 Å². The van der Waals surface area contributed by atoms with Crippen LogP contribution in [0.5, 0.6) is 5.75 Å². The third kappa shape index (κ3) is 5.73. The van der Waals surface area contributed by atoms with Crippen molar-refractivity contribution < 1.29 is 9.53 Å². The van der Waals surface area contributed by atoms with E-state index < -0.39 is 0 Å². The highest BCUT2D eigenvalue weighted by Gasteiger charge is 2.26. The summed E-state index contributed by atoms with van der Waals surface area (Å²) in [6, 6.07) is 18.4. The fraction of sp³-hybridized carbons (Fsp3) is 0.385. The van der Waals surface area contributed by atoms with E-state index in [1.165, 1.54) is 5.56 Å². The molecule has 4 rings (SSSR count). The SMILES string of the molecule is COc1cccc(CC(C)N2CCC(n3nccc3NC(=O)Nc3ccccc3C)CC2)c1. The zero-order valence-corrected chi connectivity index (χ0v) is 19.6. The summed E-state index contributed by atoms with van der Waals surface area (Å²) in [7, 11) is 1.71. The van der Waals surface area contributed by atoms with E-state index in [4.69, 9.17) is 4.74 Å². The highest BCUT2D eigenvalue weighted by molar-refractivity contribution is 5.99. The van der Waals surface area contributed by atoms with Gasteiger partial charge in [0, 0.05) is 30.9 Å². The zero-order valence-electron chi connectivity index (χ0n) is 19.6. The lowest BCUT2D eigenvalue weighted by Crippen LogP contribution is -2.41. The summed E-state index contributed by atoms with van der Waals surface area (Å²) in [5, 5.41) is 10.4. The second-order valence-electron chi connectivity index (χ2n) is 8.73. The van der Waals surface area contributed by atoms with E-state index in [2.05, 4.69) is 45.8 Å². The molecule has 7 heteroatoms. The van der Waals surface area contributed by atoms with Gasteiger partial charge in [-0.05, 0) is 62.4 Å². The molecule has 2 heterocycles. The summed E-state index contributed by atoms with van der Waals surface area (Å²) < 4.78 is 7.32. The van der Waals surface area contributed by atoms with Gasteiger partial charge in [0.15, 0.2) is 0 Å². The molecule has 1 atom stereocenters. The van der Waals surface area contributed by atoms with Gasteiger partial charge in [-0.25, -0.2) is 9.48 Å². The van der Waals surface area contributed by atoms with Gasteiger partial charge in [-0.15, -0.1) is 0 Å². The molecule has 1 saturated heterocycles. The summed E-state index contributed by atoms with van der Waals surface area (Å²) >= 11 is 0. The monoisotopic (exact) mass is 447 g/mol. The quantitative estimate of drug-likeness (QED) is 0.528. The number of carbonyl (C=O) groups is 1. The van der Waals surface area contributed by atoms with Gasteiger partial charge in [0.1, 0.15) is 11.6 Å². The second kappa shape index (κ2) is 10.5. The van der Waals surface area contributed by atoms with Crippen molar-refractivity contribution in [3.8, 4) is 5.75 Å². The molecule has 0 radical (unpaired) electrons. The Morgan fingerprint density at radius 3 is 2.67 bits per heavy atom. The number of aryl methyl sites for hydroxylation is 1. The Morgan fingerprint density at radius 2 is 1.91 bits per heavy atom. The van der Waals surface area contributed by atoms with Crippen LogP contribution in [0.1, 0.15) is 36.9 Å². The van der Waals surface area contributed by atoms with E-state index in [0.717, 1.165) is 55.2 Å². The van der Waals surface area contributed by atoms with E-state index in [0.29, 0.717) is 6.04 Å². The Labute approximate surface area is 195 Å². The zero-order chi connectivity index (χ0) is 23.2. The van der Waals surface area contributed by atoms with E-state index in [1.807, 2.05) is 48.0 Å². The van der Waals surface area contributed by atoms with Gasteiger partial charge in [-0.3, -0.25) is 5.32 Å². The van der Waals surface area contributed by atoms with Crippen LogP contribution in [0.15, 0.2) is 60.8 Å². The predicted octanol–water partition coefficient (Wildman–Crippen LogP) is 5.11. The van der Waals surface area contributed by atoms with Gasteiger partial charge in [-0.2, -0.15) is 5.10 Å². The molecule has 0 bridgehead atoms. The number of nitrogens with one attached hydrogen (secondary N) is 2. The molecular formula is C26H33N5O2. The van der Waals surface area contributed by atoms with Crippen LogP contribution in [0.4, 0.5) is 16.3 Å². The highest BCUT2D eigenvalue weighted by Crippen LogP contribution is 2.27. The molecule has 2 aromatic carbocycles. The van der Waals surface area contributed by atoms with Crippen molar-refractivity contribution in [1.82, 2.24) is 14.7 Å². The maximum atomic E-state index is 12.5. The normalized spacial score (nSPS) is 15.7. The fourth-order valence-electron chi connectivity index (χ4n) is 4.53. The van der Waals surface area contributed by atoms with Crippen molar-refractivity contribution in [3.63, 3.8) is 0 Å². The van der Waals surface area contributed by atoms with Crippen LogP contribution in [0.3, 0.4) is 0 Å². The minimum Gasteiger partial charge on any atom is -0.497 e. The Morgan fingerprint density at radius 1 is 1.12 bits per heavy atom. The molecule has 1 aromatic heterocycles. The molecule has 0 saturated carbocycles. The third-order valence-electron chi connectivity index (χ3n) is 6.44. The first-order valence-corrected chi connectivity index (χ1v) is 11.6. The first-order chi connectivity index (χ1) is 16.0. The molecule has 2 N–H and O–H groups in total. The maximum Gasteiger partial charge on any atom is 0.324 e. The standard InChI is InChI=1S/C26H33N5O2/c1-19-7-4-5-10-24(19)28-26(32)29-25-11-14-27-31(25)22-12-15-30(16-13-22)20(2)17-21-8-6-9-23(18-21)33-3/h4-11,14,18,20,22H,12-13,15-17H2,1-3H3,(H2,28,29,32). The molecule has 3 aromatic rings. The van der Waals surface area contributed by atoms with Crippen LogP contribution in [0, 0.1) is 6.92 Å². The number of urea groups is 1. The average Bonchev–Trinajstić information content (AvgIpc) is 3.28. The van der Waals surface area contributed by atoms with Crippen molar-refractivity contribution >= 4 is 17.5 Å². The van der Waals surface area contributed by atoms with Crippen LogP contribution in [0.25, 0.3) is 0 Å². The number of methoxy groups -OCH3 is 1. The van der Waals surface area contributed by atoms with E-state index in [-0.39, 0.29) is 12.1 Å².